The van der Waals surface area contributed by atoms with Crippen LogP contribution in [0.2, 0.25) is 0 Å². The Kier molecular flexibility index (Phi) is 4.16. The summed E-state index contributed by atoms with van der Waals surface area (Å²) in [5.74, 6) is -0.288. The van der Waals surface area contributed by atoms with E-state index in [1.807, 2.05) is 30.3 Å². The molecule has 5 nitrogen and oxygen atoms in total. The van der Waals surface area contributed by atoms with Crippen LogP contribution in [-0.2, 0) is 16.1 Å². The van der Waals surface area contributed by atoms with Crippen molar-refractivity contribution in [3.63, 3.8) is 0 Å². The molecule has 0 aliphatic carbocycles. The fourth-order valence-electron chi connectivity index (χ4n) is 3.68. The SMILES string of the molecule is O=C1NCCC[C@@]12C[C@@H](CO)CN(Cc1ccccc1)C2=O. The van der Waals surface area contributed by atoms with Gasteiger partial charge in [0.2, 0.25) is 11.8 Å². The molecule has 2 fully saturated rings. The normalized spacial score (nSPS) is 28.8. The van der Waals surface area contributed by atoms with Crippen molar-refractivity contribution in [2.45, 2.75) is 25.8 Å². The Morgan fingerprint density at radius 3 is 2.73 bits per heavy atom. The number of piperidine rings is 2. The molecular formula is C17H22N2O3. The fraction of sp³-hybridized carbons (Fsp3) is 0.529. The number of likely N-dealkylation sites (tertiary alicyclic amines) is 1. The molecule has 118 valence electrons. The lowest BCUT2D eigenvalue weighted by molar-refractivity contribution is -0.161. The fourth-order valence-corrected chi connectivity index (χ4v) is 3.68. The summed E-state index contributed by atoms with van der Waals surface area (Å²) in [6, 6.07) is 9.77. The van der Waals surface area contributed by atoms with Gasteiger partial charge in [-0.2, -0.15) is 0 Å². The summed E-state index contributed by atoms with van der Waals surface area (Å²) in [4.78, 5) is 27.1. The van der Waals surface area contributed by atoms with Crippen molar-refractivity contribution in [3.8, 4) is 0 Å². The van der Waals surface area contributed by atoms with E-state index in [0.717, 1.165) is 12.0 Å². The van der Waals surface area contributed by atoms with Gasteiger partial charge in [-0.3, -0.25) is 9.59 Å². The number of amides is 2. The predicted molar refractivity (Wildman–Crippen MR) is 81.7 cm³/mol. The lowest BCUT2D eigenvalue weighted by Crippen LogP contribution is -2.60. The van der Waals surface area contributed by atoms with E-state index >= 15 is 0 Å². The molecule has 2 saturated heterocycles. The van der Waals surface area contributed by atoms with Gasteiger partial charge in [-0.05, 0) is 24.8 Å². The number of hydrogen-bond acceptors (Lipinski definition) is 3. The van der Waals surface area contributed by atoms with Gasteiger partial charge in [0.1, 0.15) is 5.41 Å². The van der Waals surface area contributed by atoms with Crippen molar-refractivity contribution in [2.24, 2.45) is 11.3 Å². The molecule has 5 heteroatoms. The molecule has 0 bridgehead atoms. The van der Waals surface area contributed by atoms with Gasteiger partial charge in [-0.1, -0.05) is 30.3 Å². The first-order chi connectivity index (χ1) is 10.7. The third kappa shape index (κ3) is 2.61. The first kappa shape index (κ1) is 15.0. The lowest BCUT2D eigenvalue weighted by atomic mass is 9.69. The summed E-state index contributed by atoms with van der Waals surface area (Å²) in [5.41, 5.74) is 0.0689. The zero-order valence-electron chi connectivity index (χ0n) is 12.6. The Balaban J connectivity index is 1.86. The third-order valence-electron chi connectivity index (χ3n) is 4.79. The Labute approximate surface area is 130 Å². The van der Waals surface area contributed by atoms with Crippen LogP contribution in [0.25, 0.3) is 0 Å². The Morgan fingerprint density at radius 2 is 2.05 bits per heavy atom. The Bertz CT molecular complexity index is 560. The molecule has 2 amide bonds. The maximum atomic E-state index is 13.0. The molecule has 2 heterocycles. The summed E-state index contributed by atoms with van der Waals surface area (Å²) < 4.78 is 0. The minimum atomic E-state index is -0.974. The van der Waals surface area contributed by atoms with Crippen molar-refractivity contribution in [1.82, 2.24) is 10.2 Å². The van der Waals surface area contributed by atoms with Gasteiger partial charge < -0.3 is 15.3 Å². The molecule has 22 heavy (non-hydrogen) atoms. The van der Waals surface area contributed by atoms with Gasteiger partial charge in [0.15, 0.2) is 0 Å². The van der Waals surface area contributed by atoms with Crippen LogP contribution in [0, 0.1) is 11.3 Å². The average molecular weight is 302 g/mol. The van der Waals surface area contributed by atoms with E-state index < -0.39 is 5.41 Å². The molecular weight excluding hydrogens is 280 g/mol. The maximum Gasteiger partial charge on any atom is 0.238 e. The predicted octanol–water partition coefficient (Wildman–Crippen LogP) is 0.924. The third-order valence-corrected chi connectivity index (χ3v) is 4.79. The Hall–Kier alpha value is -1.88. The molecule has 0 radical (unpaired) electrons. The first-order valence-corrected chi connectivity index (χ1v) is 7.88. The van der Waals surface area contributed by atoms with Gasteiger partial charge in [-0.25, -0.2) is 0 Å². The smallest absolute Gasteiger partial charge is 0.238 e. The van der Waals surface area contributed by atoms with Crippen molar-refractivity contribution in [2.75, 3.05) is 19.7 Å². The number of carbonyl (C=O) groups is 2. The number of nitrogens with one attached hydrogen (secondary N) is 1. The highest BCUT2D eigenvalue weighted by molar-refractivity contribution is 6.06. The van der Waals surface area contributed by atoms with E-state index in [2.05, 4.69) is 5.32 Å². The molecule has 2 atom stereocenters. The number of hydrogen-bond donors (Lipinski definition) is 2. The molecule has 0 saturated carbocycles. The number of nitrogens with zero attached hydrogens (tertiary/aromatic N) is 1. The number of aliphatic hydroxyl groups excluding tert-OH is 1. The summed E-state index contributed by atoms with van der Waals surface area (Å²) >= 11 is 0. The Morgan fingerprint density at radius 1 is 1.27 bits per heavy atom. The van der Waals surface area contributed by atoms with Crippen LogP contribution in [0.3, 0.4) is 0 Å². The largest absolute Gasteiger partial charge is 0.396 e. The zero-order valence-corrected chi connectivity index (χ0v) is 12.6. The van der Waals surface area contributed by atoms with E-state index in [1.54, 1.807) is 4.90 Å². The molecule has 2 N–H and O–H groups in total. The second kappa shape index (κ2) is 6.08. The van der Waals surface area contributed by atoms with Crippen LogP contribution < -0.4 is 5.32 Å². The number of aliphatic hydroxyl groups is 1. The molecule has 2 aliphatic heterocycles. The van der Waals surface area contributed by atoms with Gasteiger partial charge >= 0.3 is 0 Å². The van der Waals surface area contributed by atoms with Gasteiger partial charge in [0, 0.05) is 32.2 Å². The maximum absolute atomic E-state index is 13.0. The van der Waals surface area contributed by atoms with Crippen LogP contribution in [0.4, 0.5) is 0 Å². The van der Waals surface area contributed by atoms with Crippen LogP contribution in [0.1, 0.15) is 24.8 Å². The summed E-state index contributed by atoms with van der Waals surface area (Å²) in [6.07, 6.45) is 1.85. The number of benzene rings is 1. The second-order valence-corrected chi connectivity index (χ2v) is 6.37. The van der Waals surface area contributed by atoms with Crippen molar-refractivity contribution < 1.29 is 14.7 Å². The summed E-state index contributed by atoms with van der Waals surface area (Å²) in [5, 5.41) is 12.4. The van der Waals surface area contributed by atoms with E-state index in [1.165, 1.54) is 0 Å². The topological polar surface area (TPSA) is 69.6 Å². The van der Waals surface area contributed by atoms with E-state index in [9.17, 15) is 14.7 Å². The quantitative estimate of drug-likeness (QED) is 0.816. The van der Waals surface area contributed by atoms with Crippen LogP contribution in [0.5, 0.6) is 0 Å². The molecule has 1 spiro atoms. The molecule has 2 aliphatic rings. The van der Waals surface area contributed by atoms with Gasteiger partial charge in [0.25, 0.3) is 0 Å². The van der Waals surface area contributed by atoms with E-state index in [4.69, 9.17) is 0 Å². The highest BCUT2D eigenvalue weighted by Gasteiger charge is 2.53. The minimum Gasteiger partial charge on any atom is -0.396 e. The number of rotatable bonds is 3. The molecule has 1 aromatic rings. The summed E-state index contributed by atoms with van der Waals surface area (Å²) in [6.45, 7) is 1.65. The minimum absolute atomic E-state index is 0.00754. The van der Waals surface area contributed by atoms with Gasteiger partial charge in [-0.15, -0.1) is 0 Å². The van der Waals surface area contributed by atoms with Gasteiger partial charge in [0.05, 0.1) is 0 Å². The second-order valence-electron chi connectivity index (χ2n) is 6.37. The molecule has 0 unspecified atom stereocenters. The first-order valence-electron chi connectivity index (χ1n) is 7.88. The monoisotopic (exact) mass is 302 g/mol. The van der Waals surface area contributed by atoms with Crippen molar-refractivity contribution >= 4 is 11.8 Å². The lowest BCUT2D eigenvalue weighted by Gasteiger charge is -2.45. The van der Waals surface area contributed by atoms with E-state index in [-0.39, 0.29) is 24.3 Å². The standard InChI is InChI=1S/C17H22N2O3/c20-12-14-9-17(7-4-8-18-15(17)21)16(22)19(11-14)10-13-5-2-1-3-6-13/h1-3,5-6,14,20H,4,7-12H2,(H,18,21)/t14-,17-/m1/s1. The number of carbonyl (C=O) groups excluding carboxylic acids is 2. The average Bonchev–Trinajstić information content (AvgIpc) is 2.55. The van der Waals surface area contributed by atoms with Crippen LogP contribution in [0.15, 0.2) is 30.3 Å². The molecule has 3 rings (SSSR count). The van der Waals surface area contributed by atoms with Crippen LogP contribution in [-0.4, -0.2) is 41.5 Å². The highest BCUT2D eigenvalue weighted by atomic mass is 16.3. The molecule has 0 aromatic heterocycles. The van der Waals surface area contributed by atoms with Crippen LogP contribution >= 0.6 is 0 Å². The highest BCUT2D eigenvalue weighted by Crippen LogP contribution is 2.40. The molecule has 1 aromatic carbocycles. The van der Waals surface area contributed by atoms with Crippen molar-refractivity contribution in [3.05, 3.63) is 35.9 Å². The summed E-state index contributed by atoms with van der Waals surface area (Å²) in [7, 11) is 0. The van der Waals surface area contributed by atoms with Crippen molar-refractivity contribution in [1.29, 1.82) is 0 Å². The van der Waals surface area contributed by atoms with E-state index in [0.29, 0.717) is 32.5 Å². The zero-order chi connectivity index (χ0) is 15.6.